The molecule has 1 N–H and O–H groups in total. The van der Waals surface area contributed by atoms with Crippen molar-refractivity contribution in [3.63, 3.8) is 0 Å². The van der Waals surface area contributed by atoms with Gasteiger partial charge in [-0.05, 0) is 38.0 Å². The average molecular weight is 265 g/mol. The van der Waals surface area contributed by atoms with E-state index in [1.54, 1.807) is 14.2 Å². The molecule has 1 aromatic rings. The van der Waals surface area contributed by atoms with Crippen LogP contribution >= 0.6 is 0 Å². The number of rotatable bonds is 6. The first-order valence-corrected chi connectivity index (χ1v) is 6.48. The number of carbonyl (C=O) groups is 1. The lowest BCUT2D eigenvalue weighted by Crippen LogP contribution is -2.40. The van der Waals surface area contributed by atoms with E-state index in [2.05, 4.69) is 5.32 Å². The van der Waals surface area contributed by atoms with Gasteiger partial charge in [-0.1, -0.05) is 13.0 Å². The molecule has 0 bridgehead atoms. The fraction of sp³-hybridized carbons (Fsp3) is 0.533. The average Bonchev–Trinajstić information content (AvgIpc) is 2.37. The second-order valence-corrected chi connectivity index (χ2v) is 4.99. The highest BCUT2D eigenvalue weighted by atomic mass is 16.5. The molecule has 0 aliphatic heterocycles. The van der Waals surface area contributed by atoms with Gasteiger partial charge in [0.25, 0.3) is 0 Å². The Hall–Kier alpha value is -1.71. The quantitative estimate of drug-likeness (QED) is 0.860. The normalized spacial score (nSPS) is 11.0. The summed E-state index contributed by atoms with van der Waals surface area (Å²) in [6.45, 7) is 5.94. The Kier molecular flexibility index (Phi) is 5.21. The van der Waals surface area contributed by atoms with Crippen molar-refractivity contribution in [1.82, 2.24) is 5.32 Å². The first kappa shape index (κ1) is 15.3. The van der Waals surface area contributed by atoms with Gasteiger partial charge in [0.2, 0.25) is 5.91 Å². The predicted octanol–water partition coefficient (Wildman–Crippen LogP) is 2.86. The van der Waals surface area contributed by atoms with Gasteiger partial charge < -0.3 is 14.8 Å². The van der Waals surface area contributed by atoms with Gasteiger partial charge in [-0.25, -0.2) is 0 Å². The van der Waals surface area contributed by atoms with Gasteiger partial charge in [-0.3, -0.25) is 4.79 Å². The molecule has 1 amide bonds. The Balaban J connectivity index is 2.97. The summed E-state index contributed by atoms with van der Waals surface area (Å²) in [5.74, 6) is 1.40. The van der Waals surface area contributed by atoms with Gasteiger partial charge in [0, 0.05) is 6.42 Å². The number of ether oxygens (including phenoxy) is 2. The van der Waals surface area contributed by atoms with Gasteiger partial charge in [0.15, 0.2) is 11.5 Å². The second-order valence-electron chi connectivity index (χ2n) is 4.99. The second kappa shape index (κ2) is 6.45. The predicted molar refractivity (Wildman–Crippen MR) is 75.6 cm³/mol. The minimum atomic E-state index is -0.439. The molecule has 0 radical (unpaired) electrons. The maximum atomic E-state index is 11.7. The monoisotopic (exact) mass is 265 g/mol. The maximum Gasteiger partial charge on any atom is 0.220 e. The van der Waals surface area contributed by atoms with E-state index in [1.165, 1.54) is 0 Å². The molecule has 1 aromatic carbocycles. The van der Waals surface area contributed by atoms with E-state index in [0.717, 1.165) is 12.0 Å². The molecular formula is C15H23NO3. The van der Waals surface area contributed by atoms with Crippen molar-refractivity contribution in [2.75, 3.05) is 14.2 Å². The van der Waals surface area contributed by atoms with E-state index in [4.69, 9.17) is 9.47 Å². The zero-order valence-electron chi connectivity index (χ0n) is 12.4. The lowest BCUT2D eigenvalue weighted by Gasteiger charge is -2.27. The number of hydrogen-bond donors (Lipinski definition) is 1. The molecule has 4 heteroatoms. The number of nitrogens with one attached hydrogen (secondary N) is 1. The van der Waals surface area contributed by atoms with Crippen LogP contribution in [0.5, 0.6) is 11.5 Å². The van der Waals surface area contributed by atoms with Crippen LogP contribution in [0.2, 0.25) is 0 Å². The van der Waals surface area contributed by atoms with E-state index in [0.29, 0.717) is 17.9 Å². The molecule has 0 spiro atoms. The number of benzene rings is 1. The van der Waals surface area contributed by atoms with E-state index < -0.39 is 5.54 Å². The third-order valence-electron chi connectivity index (χ3n) is 3.03. The molecule has 0 fully saturated rings. The number of methoxy groups -OCH3 is 2. The van der Waals surface area contributed by atoms with E-state index in [9.17, 15) is 4.79 Å². The van der Waals surface area contributed by atoms with Crippen molar-refractivity contribution in [2.24, 2.45) is 0 Å². The Morgan fingerprint density at radius 2 is 1.84 bits per heavy atom. The molecule has 0 saturated carbocycles. The minimum Gasteiger partial charge on any atom is -0.493 e. The summed E-state index contributed by atoms with van der Waals surface area (Å²) in [5, 5.41) is 3.03. The van der Waals surface area contributed by atoms with Crippen LogP contribution in [0.15, 0.2) is 18.2 Å². The third-order valence-corrected chi connectivity index (χ3v) is 3.03. The Labute approximate surface area is 115 Å². The Bertz CT molecular complexity index is 441. The highest BCUT2D eigenvalue weighted by molar-refractivity contribution is 5.76. The number of amides is 1. The standard InChI is InChI=1S/C15H23NO3/c1-6-7-14(17)16-15(2,3)11-8-9-12(18-4)13(10-11)19-5/h8-10H,6-7H2,1-5H3,(H,16,17). The molecule has 0 unspecified atom stereocenters. The van der Waals surface area contributed by atoms with Gasteiger partial charge in [0.1, 0.15) is 0 Å². The lowest BCUT2D eigenvalue weighted by atomic mass is 9.93. The van der Waals surface area contributed by atoms with Crippen LogP contribution in [-0.2, 0) is 10.3 Å². The summed E-state index contributed by atoms with van der Waals surface area (Å²) in [7, 11) is 3.20. The molecular weight excluding hydrogens is 242 g/mol. The van der Waals surface area contributed by atoms with Crippen LogP contribution < -0.4 is 14.8 Å². The highest BCUT2D eigenvalue weighted by Crippen LogP contribution is 2.32. The summed E-state index contributed by atoms with van der Waals surface area (Å²) >= 11 is 0. The van der Waals surface area contributed by atoms with Crippen molar-refractivity contribution in [3.05, 3.63) is 23.8 Å². The lowest BCUT2D eigenvalue weighted by molar-refractivity contribution is -0.122. The van der Waals surface area contributed by atoms with Gasteiger partial charge >= 0.3 is 0 Å². The Morgan fingerprint density at radius 1 is 1.21 bits per heavy atom. The molecule has 0 aromatic heterocycles. The van der Waals surface area contributed by atoms with Crippen LogP contribution in [0.3, 0.4) is 0 Å². The zero-order valence-corrected chi connectivity index (χ0v) is 12.4. The summed E-state index contributed by atoms with van der Waals surface area (Å²) in [4.78, 5) is 11.7. The minimum absolute atomic E-state index is 0.0577. The van der Waals surface area contributed by atoms with Crippen LogP contribution in [0.25, 0.3) is 0 Å². The fourth-order valence-corrected chi connectivity index (χ4v) is 1.94. The molecule has 0 heterocycles. The smallest absolute Gasteiger partial charge is 0.220 e. The summed E-state index contributed by atoms with van der Waals surface area (Å²) < 4.78 is 10.5. The van der Waals surface area contributed by atoms with Crippen molar-refractivity contribution in [2.45, 2.75) is 39.2 Å². The van der Waals surface area contributed by atoms with E-state index in [-0.39, 0.29) is 5.91 Å². The van der Waals surface area contributed by atoms with Crippen molar-refractivity contribution < 1.29 is 14.3 Å². The molecule has 0 saturated heterocycles. The van der Waals surface area contributed by atoms with E-state index in [1.807, 2.05) is 39.0 Å². The summed E-state index contributed by atoms with van der Waals surface area (Å²) in [6, 6.07) is 5.68. The highest BCUT2D eigenvalue weighted by Gasteiger charge is 2.23. The number of carbonyl (C=O) groups excluding carboxylic acids is 1. The van der Waals surface area contributed by atoms with Crippen molar-refractivity contribution in [3.8, 4) is 11.5 Å². The molecule has 0 aliphatic rings. The van der Waals surface area contributed by atoms with Crippen LogP contribution in [0, 0.1) is 0 Å². The van der Waals surface area contributed by atoms with Crippen molar-refractivity contribution in [1.29, 1.82) is 0 Å². The molecule has 0 atom stereocenters. The van der Waals surface area contributed by atoms with Crippen molar-refractivity contribution >= 4 is 5.91 Å². The molecule has 4 nitrogen and oxygen atoms in total. The summed E-state index contributed by atoms with van der Waals surface area (Å²) in [5.41, 5.74) is 0.542. The summed E-state index contributed by atoms with van der Waals surface area (Å²) in [6.07, 6.45) is 1.38. The first-order valence-electron chi connectivity index (χ1n) is 6.48. The van der Waals surface area contributed by atoms with Crippen LogP contribution in [-0.4, -0.2) is 20.1 Å². The SMILES string of the molecule is CCCC(=O)NC(C)(C)c1ccc(OC)c(OC)c1. The molecule has 0 aliphatic carbocycles. The zero-order chi connectivity index (χ0) is 14.5. The maximum absolute atomic E-state index is 11.7. The number of hydrogen-bond acceptors (Lipinski definition) is 3. The topological polar surface area (TPSA) is 47.6 Å². The van der Waals surface area contributed by atoms with Gasteiger partial charge in [-0.2, -0.15) is 0 Å². The van der Waals surface area contributed by atoms with Gasteiger partial charge in [-0.15, -0.1) is 0 Å². The van der Waals surface area contributed by atoms with E-state index >= 15 is 0 Å². The largest absolute Gasteiger partial charge is 0.493 e. The van der Waals surface area contributed by atoms with Crippen LogP contribution in [0.4, 0.5) is 0 Å². The molecule has 19 heavy (non-hydrogen) atoms. The first-order chi connectivity index (χ1) is 8.94. The fourth-order valence-electron chi connectivity index (χ4n) is 1.94. The molecule has 106 valence electrons. The third kappa shape index (κ3) is 3.88. The Morgan fingerprint density at radius 3 is 2.37 bits per heavy atom. The van der Waals surface area contributed by atoms with Gasteiger partial charge in [0.05, 0.1) is 19.8 Å². The molecule has 1 rings (SSSR count). The van der Waals surface area contributed by atoms with Crippen LogP contribution in [0.1, 0.15) is 39.2 Å².